The van der Waals surface area contributed by atoms with Gasteiger partial charge in [-0.15, -0.1) is 6.58 Å². The van der Waals surface area contributed by atoms with Crippen LogP contribution in [-0.2, 0) is 23.2 Å². The van der Waals surface area contributed by atoms with E-state index in [0.717, 1.165) is 16.0 Å². The third-order valence-electron chi connectivity index (χ3n) is 5.92. The van der Waals surface area contributed by atoms with Crippen LogP contribution in [0.4, 0.5) is 4.79 Å². The number of aliphatic hydroxyl groups excluding tert-OH is 1. The molecular weight excluding hydrogens is 428 g/mol. The second-order valence-electron chi connectivity index (χ2n) is 8.34. The highest BCUT2D eigenvalue weighted by Crippen LogP contribution is 2.33. The van der Waals surface area contributed by atoms with E-state index >= 15 is 0 Å². The fourth-order valence-corrected chi connectivity index (χ4v) is 4.25. The van der Waals surface area contributed by atoms with Gasteiger partial charge in [0, 0.05) is 6.42 Å². The van der Waals surface area contributed by atoms with Gasteiger partial charge in [-0.3, -0.25) is 9.69 Å². The quantitative estimate of drug-likeness (QED) is 0.359. The highest BCUT2D eigenvalue weighted by Gasteiger charge is 2.52. The van der Waals surface area contributed by atoms with Crippen molar-refractivity contribution in [2.75, 3.05) is 13.2 Å². The Kier molecular flexibility index (Phi) is 7.09. The molecular formula is C28H28N2O4. The molecule has 174 valence electrons. The number of benzene rings is 3. The van der Waals surface area contributed by atoms with E-state index in [2.05, 4.69) is 11.9 Å². The van der Waals surface area contributed by atoms with Gasteiger partial charge in [-0.2, -0.15) is 0 Å². The average molecular weight is 457 g/mol. The fourth-order valence-electron chi connectivity index (χ4n) is 4.25. The number of para-hydroxylation sites is 1. The number of carbonyl (C=O) groups is 2. The zero-order chi connectivity index (χ0) is 24.0. The maximum Gasteiger partial charge on any atom is 0.325 e. The molecule has 0 spiro atoms. The van der Waals surface area contributed by atoms with E-state index in [9.17, 15) is 14.7 Å². The molecule has 6 nitrogen and oxygen atoms in total. The maximum atomic E-state index is 13.7. The van der Waals surface area contributed by atoms with Gasteiger partial charge in [0.05, 0.1) is 6.54 Å². The van der Waals surface area contributed by atoms with E-state index < -0.39 is 23.6 Å². The molecule has 0 aromatic heterocycles. The summed E-state index contributed by atoms with van der Waals surface area (Å²) in [6.07, 6.45) is 1.68. The first-order chi connectivity index (χ1) is 16.5. The van der Waals surface area contributed by atoms with Crippen LogP contribution < -0.4 is 10.1 Å². The Bertz CT molecular complexity index is 1150. The number of imide groups is 1. The molecule has 2 atom stereocenters. The van der Waals surface area contributed by atoms with Gasteiger partial charge in [-0.05, 0) is 29.2 Å². The number of carbonyl (C=O) groups excluding carboxylic acids is 2. The summed E-state index contributed by atoms with van der Waals surface area (Å²) >= 11 is 0. The smallest absolute Gasteiger partial charge is 0.325 e. The van der Waals surface area contributed by atoms with Crippen molar-refractivity contribution in [2.24, 2.45) is 0 Å². The largest absolute Gasteiger partial charge is 0.491 e. The lowest BCUT2D eigenvalue weighted by molar-refractivity contribution is -0.132. The van der Waals surface area contributed by atoms with Crippen LogP contribution in [0.1, 0.15) is 16.7 Å². The lowest BCUT2D eigenvalue weighted by atomic mass is 9.83. The van der Waals surface area contributed by atoms with Gasteiger partial charge in [0.2, 0.25) is 0 Å². The van der Waals surface area contributed by atoms with Crippen LogP contribution >= 0.6 is 0 Å². The summed E-state index contributed by atoms with van der Waals surface area (Å²) in [6, 6.07) is 25.8. The van der Waals surface area contributed by atoms with Crippen molar-refractivity contribution in [1.82, 2.24) is 10.2 Å². The lowest BCUT2D eigenvalue weighted by Gasteiger charge is -2.28. The summed E-state index contributed by atoms with van der Waals surface area (Å²) in [5.41, 5.74) is 1.33. The molecule has 6 heteroatoms. The monoisotopic (exact) mass is 456 g/mol. The number of hydrogen-bond acceptors (Lipinski definition) is 4. The van der Waals surface area contributed by atoms with Crippen LogP contribution in [0, 0.1) is 0 Å². The van der Waals surface area contributed by atoms with Crippen molar-refractivity contribution < 1.29 is 19.4 Å². The molecule has 2 N–H and O–H groups in total. The lowest BCUT2D eigenvalue weighted by Crippen LogP contribution is -2.46. The first-order valence-electron chi connectivity index (χ1n) is 11.3. The summed E-state index contributed by atoms with van der Waals surface area (Å²) < 4.78 is 5.80. The van der Waals surface area contributed by atoms with Gasteiger partial charge in [0.25, 0.3) is 5.91 Å². The summed E-state index contributed by atoms with van der Waals surface area (Å²) in [6.45, 7) is 3.53. The third kappa shape index (κ3) is 4.87. The number of hydrogen-bond donors (Lipinski definition) is 2. The van der Waals surface area contributed by atoms with E-state index in [-0.39, 0.29) is 13.2 Å². The molecule has 3 aromatic carbocycles. The van der Waals surface area contributed by atoms with Crippen molar-refractivity contribution in [1.29, 1.82) is 0 Å². The summed E-state index contributed by atoms with van der Waals surface area (Å²) in [7, 11) is 0. The molecule has 0 saturated carbocycles. The highest BCUT2D eigenvalue weighted by molar-refractivity contribution is 6.07. The average Bonchev–Trinajstić information content (AvgIpc) is 3.10. The molecule has 0 bridgehead atoms. The molecule has 0 unspecified atom stereocenters. The van der Waals surface area contributed by atoms with Crippen molar-refractivity contribution in [2.45, 2.75) is 24.5 Å². The van der Waals surface area contributed by atoms with Crippen molar-refractivity contribution in [3.05, 3.63) is 114 Å². The number of β-amino-alcohol motifs (C(OH)–C–C–N with tert-alkyl or cyclic N) is 1. The number of urea groups is 1. The second-order valence-corrected chi connectivity index (χ2v) is 8.34. The molecule has 1 aliphatic rings. The van der Waals surface area contributed by atoms with E-state index in [1.165, 1.54) is 0 Å². The molecule has 1 aliphatic heterocycles. The van der Waals surface area contributed by atoms with E-state index in [4.69, 9.17) is 4.74 Å². The Labute approximate surface area is 199 Å². The molecule has 0 aliphatic carbocycles. The minimum absolute atomic E-state index is 0.0533. The zero-order valence-electron chi connectivity index (χ0n) is 18.9. The van der Waals surface area contributed by atoms with Gasteiger partial charge in [0.15, 0.2) is 5.54 Å². The van der Waals surface area contributed by atoms with E-state index in [0.29, 0.717) is 24.2 Å². The number of nitrogens with one attached hydrogen (secondary N) is 1. The van der Waals surface area contributed by atoms with Gasteiger partial charge >= 0.3 is 6.03 Å². The van der Waals surface area contributed by atoms with Crippen molar-refractivity contribution >= 4 is 11.9 Å². The fraction of sp³-hybridized carbons (Fsp3) is 0.214. The van der Waals surface area contributed by atoms with Crippen LogP contribution in [0.3, 0.4) is 0 Å². The van der Waals surface area contributed by atoms with Crippen LogP contribution in [0.25, 0.3) is 0 Å². The van der Waals surface area contributed by atoms with Crippen LogP contribution in [0.15, 0.2) is 97.6 Å². The van der Waals surface area contributed by atoms with E-state index in [1.54, 1.807) is 6.08 Å². The second kappa shape index (κ2) is 10.4. The summed E-state index contributed by atoms with van der Waals surface area (Å²) in [5, 5.41) is 13.6. The third-order valence-corrected chi connectivity index (χ3v) is 5.92. The van der Waals surface area contributed by atoms with Gasteiger partial charge in [0.1, 0.15) is 18.5 Å². The molecule has 0 radical (unpaired) electrons. The van der Waals surface area contributed by atoms with Crippen LogP contribution in [0.5, 0.6) is 5.75 Å². The Hall–Kier alpha value is -3.90. The number of allylic oxidation sites excluding steroid dienone is 1. The molecule has 3 amide bonds. The topological polar surface area (TPSA) is 78.9 Å². The minimum Gasteiger partial charge on any atom is -0.491 e. The molecule has 1 fully saturated rings. The Balaban J connectivity index is 1.51. The Morgan fingerprint density at radius 3 is 2.32 bits per heavy atom. The Morgan fingerprint density at radius 2 is 1.62 bits per heavy atom. The van der Waals surface area contributed by atoms with E-state index in [1.807, 2.05) is 84.9 Å². The minimum atomic E-state index is -1.24. The standard InChI is InChI=1S/C28H28N2O4/c1-2-11-22-14-9-10-17-25(22)34-20-24(31)19-30-26(32)28(29-27(30)33,23-15-7-4-8-16-23)18-21-12-5-3-6-13-21/h2-10,12-17,24,31H,1,11,18-20H2,(H,29,33)/t24-,28-/m0/s1. The van der Waals surface area contributed by atoms with Gasteiger partial charge < -0.3 is 15.2 Å². The highest BCUT2D eigenvalue weighted by atomic mass is 16.5. The maximum absolute atomic E-state index is 13.7. The molecule has 34 heavy (non-hydrogen) atoms. The molecule has 4 rings (SSSR count). The summed E-state index contributed by atoms with van der Waals surface area (Å²) in [4.78, 5) is 27.7. The first-order valence-corrected chi connectivity index (χ1v) is 11.3. The number of nitrogens with zero attached hydrogens (tertiary/aromatic N) is 1. The van der Waals surface area contributed by atoms with Crippen molar-refractivity contribution in [3.8, 4) is 5.75 Å². The van der Waals surface area contributed by atoms with Gasteiger partial charge in [-0.25, -0.2) is 4.79 Å². The van der Waals surface area contributed by atoms with Crippen LogP contribution in [-0.4, -0.2) is 41.2 Å². The predicted molar refractivity (Wildman–Crippen MR) is 130 cm³/mol. The number of ether oxygens (including phenoxy) is 1. The number of aliphatic hydroxyl groups is 1. The predicted octanol–water partition coefficient (Wildman–Crippen LogP) is 3.84. The molecule has 3 aromatic rings. The summed E-state index contributed by atoms with van der Waals surface area (Å²) in [5.74, 6) is 0.250. The molecule has 1 saturated heterocycles. The van der Waals surface area contributed by atoms with Crippen molar-refractivity contribution in [3.63, 3.8) is 0 Å². The number of amides is 3. The van der Waals surface area contributed by atoms with Crippen LogP contribution in [0.2, 0.25) is 0 Å². The zero-order valence-corrected chi connectivity index (χ0v) is 18.9. The van der Waals surface area contributed by atoms with Gasteiger partial charge in [-0.1, -0.05) is 84.9 Å². The first kappa shape index (κ1) is 23.3. The normalized spacial score (nSPS) is 18.4. The number of rotatable bonds is 10. The SMILES string of the molecule is C=CCc1ccccc1OC[C@@H](O)CN1C(=O)N[C@@](Cc2ccccc2)(c2ccccc2)C1=O. The Morgan fingerprint density at radius 1 is 0.971 bits per heavy atom. The molecule has 1 heterocycles.